The Labute approximate surface area is 375 Å². The van der Waals surface area contributed by atoms with Crippen molar-refractivity contribution in [3.8, 4) is 0 Å². The third kappa shape index (κ3) is 47.5. The fourth-order valence-corrected chi connectivity index (χ4v) is 6.56. The van der Waals surface area contributed by atoms with Gasteiger partial charge < -0.3 is 14.2 Å². The summed E-state index contributed by atoms with van der Waals surface area (Å²) in [4.78, 5) is 37.9. The molecule has 61 heavy (non-hydrogen) atoms. The second-order valence-electron chi connectivity index (χ2n) is 16.3. The van der Waals surface area contributed by atoms with Crippen LogP contribution >= 0.6 is 0 Å². The second kappa shape index (κ2) is 49.2. The van der Waals surface area contributed by atoms with Crippen LogP contribution in [-0.4, -0.2) is 37.2 Å². The summed E-state index contributed by atoms with van der Waals surface area (Å²) in [5.74, 6) is -0.963. The SMILES string of the molecule is CC/C=C\C/C=C\C/C=C\C/C=C\CCCCC(=O)O[C@@H](COC(=O)CCCCCCC/C=C\CCCC)COC(=O)CCCCCCCCC/C=C\C/C=C\CCCCC. The van der Waals surface area contributed by atoms with E-state index in [1.807, 2.05) is 0 Å². The summed E-state index contributed by atoms with van der Waals surface area (Å²) < 4.78 is 16.7. The van der Waals surface area contributed by atoms with Crippen LogP contribution in [0.5, 0.6) is 0 Å². The molecule has 0 fully saturated rings. The highest BCUT2D eigenvalue weighted by atomic mass is 16.6. The predicted octanol–water partition coefficient (Wildman–Crippen LogP) is 16.4. The fraction of sp³-hybridized carbons (Fsp3) is 0.691. The molecule has 0 saturated carbocycles. The van der Waals surface area contributed by atoms with E-state index in [-0.39, 0.29) is 37.5 Å². The molecule has 0 aromatic rings. The van der Waals surface area contributed by atoms with E-state index in [1.165, 1.54) is 77.0 Å². The number of ether oxygens (including phenoxy) is 3. The van der Waals surface area contributed by atoms with E-state index in [4.69, 9.17) is 14.2 Å². The lowest BCUT2D eigenvalue weighted by molar-refractivity contribution is -0.167. The average molecular weight is 849 g/mol. The van der Waals surface area contributed by atoms with Gasteiger partial charge in [-0.25, -0.2) is 0 Å². The van der Waals surface area contributed by atoms with Gasteiger partial charge in [0.15, 0.2) is 6.10 Å². The van der Waals surface area contributed by atoms with Gasteiger partial charge in [0.1, 0.15) is 13.2 Å². The third-order valence-corrected chi connectivity index (χ3v) is 10.4. The van der Waals surface area contributed by atoms with Gasteiger partial charge in [0.05, 0.1) is 0 Å². The molecule has 0 radical (unpaired) electrons. The number of carbonyl (C=O) groups excluding carboxylic acids is 3. The Morgan fingerprint density at radius 2 is 0.656 bits per heavy atom. The van der Waals surface area contributed by atoms with Gasteiger partial charge in [0.2, 0.25) is 0 Å². The molecule has 0 bridgehead atoms. The number of hydrogen-bond donors (Lipinski definition) is 0. The summed E-state index contributed by atoms with van der Waals surface area (Å²) in [5, 5.41) is 0. The van der Waals surface area contributed by atoms with Crippen LogP contribution in [0, 0.1) is 0 Å². The maximum atomic E-state index is 12.8. The van der Waals surface area contributed by atoms with Crippen molar-refractivity contribution in [2.24, 2.45) is 0 Å². The minimum Gasteiger partial charge on any atom is -0.462 e. The first kappa shape index (κ1) is 57.6. The van der Waals surface area contributed by atoms with Crippen molar-refractivity contribution in [3.05, 3.63) is 85.1 Å². The van der Waals surface area contributed by atoms with E-state index in [0.29, 0.717) is 19.3 Å². The standard InChI is InChI=1S/C55H92O6/c1-4-7-10-13-16-19-22-24-26-27-29-30-33-36-39-42-45-48-54(57)60-51-52(50-59-53(56)47-44-41-38-35-32-21-18-15-12-9-6-3)61-55(58)49-46-43-40-37-34-31-28-25-23-20-17-14-11-8-5-2/h8,11,15-20,24-26,28,34,37,52H,4-7,9-10,12-14,21-23,27,29-33,35-36,38-51H2,1-3H3/b11-8-,18-15-,19-16-,20-17-,26-24-,28-25-,37-34-/t52-/m0/s1. The topological polar surface area (TPSA) is 78.9 Å². The first-order valence-corrected chi connectivity index (χ1v) is 25.1. The highest BCUT2D eigenvalue weighted by Crippen LogP contribution is 2.13. The molecule has 1 atom stereocenters. The monoisotopic (exact) mass is 849 g/mol. The molecule has 348 valence electrons. The van der Waals surface area contributed by atoms with Gasteiger partial charge in [0, 0.05) is 19.3 Å². The third-order valence-electron chi connectivity index (χ3n) is 10.4. The summed E-state index contributed by atoms with van der Waals surface area (Å²) >= 11 is 0. The van der Waals surface area contributed by atoms with Crippen molar-refractivity contribution < 1.29 is 28.6 Å². The highest BCUT2D eigenvalue weighted by molar-refractivity contribution is 5.71. The Morgan fingerprint density at radius 3 is 1.10 bits per heavy atom. The Kier molecular flexibility index (Phi) is 46.5. The molecule has 0 aromatic heterocycles. The first-order valence-electron chi connectivity index (χ1n) is 25.1. The molecular formula is C55H92O6. The lowest BCUT2D eigenvalue weighted by Gasteiger charge is -2.18. The van der Waals surface area contributed by atoms with Crippen molar-refractivity contribution >= 4 is 17.9 Å². The Bertz CT molecular complexity index is 1200. The van der Waals surface area contributed by atoms with Crippen LogP contribution in [0.4, 0.5) is 0 Å². The molecule has 0 spiro atoms. The molecule has 0 N–H and O–H groups in total. The van der Waals surface area contributed by atoms with E-state index in [2.05, 4.69) is 106 Å². The van der Waals surface area contributed by atoms with Crippen LogP contribution in [0.25, 0.3) is 0 Å². The summed E-state index contributed by atoms with van der Waals surface area (Å²) in [6, 6.07) is 0. The highest BCUT2D eigenvalue weighted by Gasteiger charge is 2.19. The molecule has 6 nitrogen and oxygen atoms in total. The van der Waals surface area contributed by atoms with Crippen LogP contribution in [0.1, 0.15) is 226 Å². The minimum absolute atomic E-state index is 0.101. The van der Waals surface area contributed by atoms with E-state index in [0.717, 1.165) is 103 Å². The fourth-order valence-electron chi connectivity index (χ4n) is 6.56. The summed E-state index contributed by atoms with van der Waals surface area (Å²) in [6.07, 6.45) is 62.8. The Morgan fingerprint density at radius 1 is 0.344 bits per heavy atom. The van der Waals surface area contributed by atoms with Gasteiger partial charge in [-0.2, -0.15) is 0 Å². The van der Waals surface area contributed by atoms with Gasteiger partial charge in [-0.15, -0.1) is 0 Å². The first-order chi connectivity index (χ1) is 30.0. The van der Waals surface area contributed by atoms with Crippen molar-refractivity contribution in [2.75, 3.05) is 13.2 Å². The van der Waals surface area contributed by atoms with Crippen LogP contribution < -0.4 is 0 Å². The number of carbonyl (C=O) groups is 3. The Balaban J connectivity index is 4.46. The molecule has 0 unspecified atom stereocenters. The minimum atomic E-state index is -0.804. The molecule has 0 rings (SSSR count). The smallest absolute Gasteiger partial charge is 0.306 e. The molecule has 0 amide bonds. The van der Waals surface area contributed by atoms with E-state index < -0.39 is 6.10 Å². The maximum absolute atomic E-state index is 12.8. The van der Waals surface area contributed by atoms with Crippen LogP contribution in [0.15, 0.2) is 85.1 Å². The lowest BCUT2D eigenvalue weighted by Crippen LogP contribution is -2.30. The van der Waals surface area contributed by atoms with Crippen LogP contribution in [-0.2, 0) is 28.6 Å². The Hall–Kier alpha value is -3.41. The average Bonchev–Trinajstić information content (AvgIpc) is 3.26. The summed E-state index contributed by atoms with van der Waals surface area (Å²) in [6.45, 7) is 6.40. The van der Waals surface area contributed by atoms with Crippen LogP contribution in [0.3, 0.4) is 0 Å². The molecule has 0 heterocycles. The number of hydrogen-bond acceptors (Lipinski definition) is 6. The molecule has 6 heteroatoms. The summed E-state index contributed by atoms with van der Waals surface area (Å²) in [5.41, 5.74) is 0. The second-order valence-corrected chi connectivity index (χ2v) is 16.3. The van der Waals surface area contributed by atoms with Gasteiger partial charge in [-0.05, 0) is 109 Å². The number of allylic oxidation sites excluding steroid dienone is 14. The zero-order chi connectivity index (χ0) is 44.4. The van der Waals surface area contributed by atoms with Crippen molar-refractivity contribution in [3.63, 3.8) is 0 Å². The van der Waals surface area contributed by atoms with Crippen molar-refractivity contribution in [1.29, 1.82) is 0 Å². The van der Waals surface area contributed by atoms with Crippen LogP contribution in [0.2, 0.25) is 0 Å². The zero-order valence-corrected chi connectivity index (χ0v) is 39.7. The van der Waals surface area contributed by atoms with E-state index in [9.17, 15) is 14.4 Å². The van der Waals surface area contributed by atoms with E-state index >= 15 is 0 Å². The zero-order valence-electron chi connectivity index (χ0n) is 39.7. The summed E-state index contributed by atoms with van der Waals surface area (Å²) in [7, 11) is 0. The molecule has 0 aliphatic heterocycles. The predicted molar refractivity (Wildman–Crippen MR) is 261 cm³/mol. The molecule has 0 aromatic carbocycles. The molecule has 0 aliphatic rings. The van der Waals surface area contributed by atoms with Gasteiger partial charge in [-0.3, -0.25) is 14.4 Å². The molecule has 0 aliphatic carbocycles. The van der Waals surface area contributed by atoms with Gasteiger partial charge in [-0.1, -0.05) is 183 Å². The normalized spacial score (nSPS) is 12.8. The lowest BCUT2D eigenvalue weighted by atomic mass is 10.1. The maximum Gasteiger partial charge on any atom is 0.306 e. The number of esters is 3. The van der Waals surface area contributed by atoms with Gasteiger partial charge in [0.25, 0.3) is 0 Å². The quantitative estimate of drug-likeness (QED) is 0.0263. The van der Waals surface area contributed by atoms with E-state index in [1.54, 1.807) is 0 Å². The number of unbranched alkanes of at least 4 members (excludes halogenated alkanes) is 19. The van der Waals surface area contributed by atoms with Gasteiger partial charge >= 0.3 is 17.9 Å². The molecule has 0 saturated heterocycles. The number of rotatable bonds is 44. The molecular weight excluding hydrogens is 757 g/mol. The van der Waals surface area contributed by atoms with Crippen molar-refractivity contribution in [2.45, 2.75) is 232 Å². The largest absolute Gasteiger partial charge is 0.462 e. The van der Waals surface area contributed by atoms with Crippen molar-refractivity contribution in [1.82, 2.24) is 0 Å².